The summed E-state index contributed by atoms with van der Waals surface area (Å²) in [5, 5.41) is 20.3. The third-order valence-electron chi connectivity index (χ3n) is 5.23. The maximum Gasteiger partial charge on any atom is 0.328 e. The first-order valence-corrected chi connectivity index (χ1v) is 8.77. The summed E-state index contributed by atoms with van der Waals surface area (Å²) in [6.07, 6.45) is 4.64. The SMILES string of the molecule is CC(C=C[C@@]1(O)C(C)=C(Cc2ccc(F)cc2)C(=O)CC1(C)C)=CC(=O)O. The van der Waals surface area contributed by atoms with E-state index in [9.17, 15) is 19.1 Å². The summed E-state index contributed by atoms with van der Waals surface area (Å²) in [5.41, 5.74) is 0.161. The highest BCUT2D eigenvalue weighted by atomic mass is 19.1. The first kappa shape index (κ1) is 20.8. The molecule has 0 aliphatic heterocycles. The minimum Gasteiger partial charge on any atom is -0.478 e. The predicted molar refractivity (Wildman–Crippen MR) is 102 cm³/mol. The van der Waals surface area contributed by atoms with Gasteiger partial charge in [-0.2, -0.15) is 0 Å². The normalized spacial score (nSPS) is 23.2. The lowest BCUT2D eigenvalue weighted by Gasteiger charge is -2.45. The fourth-order valence-electron chi connectivity index (χ4n) is 3.47. The average Bonchev–Trinajstić information content (AvgIpc) is 2.56. The van der Waals surface area contributed by atoms with Crippen LogP contribution in [0.15, 0.2) is 59.2 Å². The van der Waals surface area contributed by atoms with Crippen LogP contribution < -0.4 is 0 Å². The molecule has 0 unspecified atom stereocenters. The van der Waals surface area contributed by atoms with Crippen LogP contribution in [0.3, 0.4) is 0 Å². The fraction of sp³-hybridized carbons (Fsp3) is 0.364. The zero-order chi connectivity index (χ0) is 20.4. The van der Waals surface area contributed by atoms with Crippen LogP contribution in [0.5, 0.6) is 0 Å². The predicted octanol–water partition coefficient (Wildman–Crippen LogP) is 4.00. The minimum atomic E-state index is -1.40. The highest BCUT2D eigenvalue weighted by molar-refractivity contribution is 5.98. The summed E-state index contributed by atoms with van der Waals surface area (Å²) in [6.45, 7) is 6.97. The van der Waals surface area contributed by atoms with E-state index < -0.39 is 17.0 Å². The molecule has 0 amide bonds. The van der Waals surface area contributed by atoms with Gasteiger partial charge in [0.2, 0.25) is 0 Å². The first-order valence-electron chi connectivity index (χ1n) is 8.77. The van der Waals surface area contributed by atoms with Gasteiger partial charge in [-0.25, -0.2) is 9.18 Å². The van der Waals surface area contributed by atoms with Gasteiger partial charge in [-0.05, 0) is 48.8 Å². The number of Topliss-reactive ketones (excluding diaryl/α,β-unsaturated/α-hetero) is 1. The molecule has 1 atom stereocenters. The Morgan fingerprint density at radius 3 is 2.41 bits per heavy atom. The van der Waals surface area contributed by atoms with Gasteiger partial charge in [0, 0.05) is 29.9 Å². The highest BCUT2D eigenvalue weighted by Crippen LogP contribution is 2.47. The van der Waals surface area contributed by atoms with Crippen molar-refractivity contribution < 1.29 is 24.2 Å². The summed E-state index contributed by atoms with van der Waals surface area (Å²) in [7, 11) is 0. The largest absolute Gasteiger partial charge is 0.478 e. The second-order valence-corrected chi connectivity index (χ2v) is 7.72. The van der Waals surface area contributed by atoms with Crippen LogP contribution in [-0.4, -0.2) is 27.6 Å². The molecule has 0 heterocycles. The number of aliphatic hydroxyl groups is 1. The molecular weight excluding hydrogens is 347 g/mol. The van der Waals surface area contributed by atoms with Gasteiger partial charge in [0.25, 0.3) is 0 Å². The Morgan fingerprint density at radius 2 is 1.85 bits per heavy atom. The summed E-state index contributed by atoms with van der Waals surface area (Å²) in [6, 6.07) is 5.93. The second kappa shape index (κ2) is 7.61. The standard InChI is InChI=1S/C22H25FO4/c1-14(11-20(25)26)9-10-22(27)15(2)18(19(24)13-21(22,3)4)12-16-5-7-17(23)8-6-16/h5-11,27H,12-13H2,1-4H3,(H,25,26)/t22-/m1/s1. The molecule has 0 spiro atoms. The number of hydrogen-bond donors (Lipinski definition) is 2. The third kappa shape index (κ3) is 4.42. The van der Waals surface area contributed by atoms with Gasteiger partial charge in [-0.15, -0.1) is 0 Å². The smallest absolute Gasteiger partial charge is 0.328 e. The van der Waals surface area contributed by atoms with Crippen molar-refractivity contribution in [1.82, 2.24) is 0 Å². The molecule has 0 fully saturated rings. The van der Waals surface area contributed by atoms with E-state index in [4.69, 9.17) is 5.11 Å². The number of benzene rings is 1. The quantitative estimate of drug-likeness (QED) is 0.605. The van der Waals surface area contributed by atoms with E-state index >= 15 is 0 Å². The Kier molecular flexibility index (Phi) is 5.85. The molecular formula is C22H25FO4. The number of carbonyl (C=O) groups is 2. The summed E-state index contributed by atoms with van der Waals surface area (Å²) < 4.78 is 13.1. The zero-order valence-corrected chi connectivity index (χ0v) is 16.0. The van der Waals surface area contributed by atoms with Gasteiger partial charge in [-0.1, -0.05) is 32.1 Å². The van der Waals surface area contributed by atoms with Crippen LogP contribution in [0.4, 0.5) is 4.39 Å². The van der Waals surface area contributed by atoms with E-state index in [0.717, 1.165) is 11.6 Å². The number of hydrogen-bond acceptors (Lipinski definition) is 3. The van der Waals surface area contributed by atoms with Crippen molar-refractivity contribution in [2.75, 3.05) is 0 Å². The molecule has 0 aromatic heterocycles. The van der Waals surface area contributed by atoms with E-state index in [-0.39, 0.29) is 18.0 Å². The average molecular weight is 372 g/mol. The zero-order valence-electron chi connectivity index (χ0n) is 16.0. The molecule has 1 aliphatic rings. The van der Waals surface area contributed by atoms with Crippen molar-refractivity contribution in [3.05, 3.63) is 70.6 Å². The van der Waals surface area contributed by atoms with Crippen LogP contribution >= 0.6 is 0 Å². The van der Waals surface area contributed by atoms with Crippen molar-refractivity contribution in [2.24, 2.45) is 5.41 Å². The number of aliphatic carboxylic acids is 1. The molecule has 0 saturated heterocycles. The lowest BCUT2D eigenvalue weighted by atomic mass is 9.62. The summed E-state index contributed by atoms with van der Waals surface area (Å²) in [5.74, 6) is -1.45. The van der Waals surface area contributed by atoms with E-state index in [1.807, 2.05) is 13.8 Å². The van der Waals surface area contributed by atoms with E-state index in [1.165, 1.54) is 12.1 Å². The molecule has 0 bridgehead atoms. The number of ketones is 1. The van der Waals surface area contributed by atoms with Gasteiger partial charge >= 0.3 is 5.97 Å². The van der Waals surface area contributed by atoms with Crippen molar-refractivity contribution in [3.8, 4) is 0 Å². The molecule has 1 aromatic carbocycles. The minimum absolute atomic E-state index is 0.0438. The Balaban J connectivity index is 2.48. The Bertz CT molecular complexity index is 844. The number of rotatable bonds is 5. The number of carbonyl (C=O) groups excluding carboxylic acids is 1. The summed E-state index contributed by atoms with van der Waals surface area (Å²) >= 11 is 0. The molecule has 27 heavy (non-hydrogen) atoms. The second-order valence-electron chi connectivity index (χ2n) is 7.72. The maximum absolute atomic E-state index is 13.1. The van der Waals surface area contributed by atoms with Crippen molar-refractivity contribution in [2.45, 2.75) is 46.1 Å². The van der Waals surface area contributed by atoms with E-state index in [0.29, 0.717) is 23.1 Å². The van der Waals surface area contributed by atoms with Gasteiger partial charge in [0.15, 0.2) is 5.78 Å². The van der Waals surface area contributed by atoms with Crippen molar-refractivity contribution in [3.63, 3.8) is 0 Å². The maximum atomic E-state index is 13.1. The Hall–Kier alpha value is -2.53. The summed E-state index contributed by atoms with van der Waals surface area (Å²) in [4.78, 5) is 23.5. The third-order valence-corrected chi connectivity index (χ3v) is 5.23. The lowest BCUT2D eigenvalue weighted by Crippen LogP contribution is -2.49. The topological polar surface area (TPSA) is 74.6 Å². The molecule has 0 saturated carbocycles. The Morgan fingerprint density at radius 1 is 1.26 bits per heavy atom. The number of carboxylic acids is 1. The fourth-order valence-corrected chi connectivity index (χ4v) is 3.47. The molecule has 5 heteroatoms. The number of halogens is 1. The van der Waals surface area contributed by atoms with Crippen LogP contribution in [0.25, 0.3) is 0 Å². The number of allylic oxidation sites excluding steroid dienone is 3. The molecule has 1 aliphatic carbocycles. The van der Waals surface area contributed by atoms with Gasteiger partial charge in [-0.3, -0.25) is 4.79 Å². The van der Waals surface area contributed by atoms with Crippen molar-refractivity contribution >= 4 is 11.8 Å². The number of carboxylic acid groups (broad SMARTS) is 1. The molecule has 1 aromatic rings. The van der Waals surface area contributed by atoms with Gasteiger partial charge in [0.1, 0.15) is 11.4 Å². The van der Waals surface area contributed by atoms with Crippen LogP contribution in [0.1, 0.15) is 39.7 Å². The highest BCUT2D eigenvalue weighted by Gasteiger charge is 2.49. The lowest BCUT2D eigenvalue weighted by molar-refractivity contribution is -0.131. The molecule has 2 rings (SSSR count). The van der Waals surface area contributed by atoms with Gasteiger partial charge in [0.05, 0.1) is 0 Å². The monoisotopic (exact) mass is 372 g/mol. The molecule has 2 N–H and O–H groups in total. The molecule has 144 valence electrons. The van der Waals surface area contributed by atoms with Crippen LogP contribution in [0, 0.1) is 11.2 Å². The van der Waals surface area contributed by atoms with E-state index in [2.05, 4.69) is 0 Å². The molecule has 0 radical (unpaired) electrons. The van der Waals surface area contributed by atoms with Crippen LogP contribution in [0.2, 0.25) is 0 Å². The first-order chi connectivity index (χ1) is 12.5. The Labute approximate surface area is 158 Å². The van der Waals surface area contributed by atoms with Gasteiger partial charge < -0.3 is 10.2 Å². The van der Waals surface area contributed by atoms with E-state index in [1.54, 1.807) is 38.1 Å². The van der Waals surface area contributed by atoms with Crippen LogP contribution in [-0.2, 0) is 16.0 Å². The molecule has 4 nitrogen and oxygen atoms in total. The van der Waals surface area contributed by atoms with Crippen molar-refractivity contribution in [1.29, 1.82) is 0 Å².